The molecular formula is C11H22N2O2. The van der Waals surface area contributed by atoms with Gasteiger partial charge in [0.2, 0.25) is 5.91 Å². The number of amides is 1. The van der Waals surface area contributed by atoms with Gasteiger partial charge in [0.15, 0.2) is 0 Å². The molecule has 4 heteroatoms. The molecule has 0 aromatic heterocycles. The molecule has 1 aliphatic rings. The molecule has 0 bridgehead atoms. The normalized spacial score (nSPS) is 18.9. The van der Waals surface area contributed by atoms with Crippen LogP contribution in [0, 0.1) is 0 Å². The van der Waals surface area contributed by atoms with Gasteiger partial charge in [-0.05, 0) is 33.6 Å². The summed E-state index contributed by atoms with van der Waals surface area (Å²) < 4.78 is 5.23. The second kappa shape index (κ2) is 5.47. The molecule has 0 unspecified atom stereocenters. The van der Waals surface area contributed by atoms with Crippen LogP contribution in [0.1, 0.15) is 33.6 Å². The Morgan fingerprint density at radius 1 is 1.33 bits per heavy atom. The molecule has 15 heavy (non-hydrogen) atoms. The number of hydrogen-bond acceptors (Lipinski definition) is 3. The van der Waals surface area contributed by atoms with Crippen molar-refractivity contribution in [3.63, 3.8) is 0 Å². The molecule has 1 amide bonds. The largest absolute Gasteiger partial charge is 0.381 e. The first-order chi connectivity index (χ1) is 6.97. The summed E-state index contributed by atoms with van der Waals surface area (Å²) in [4.78, 5) is 11.5. The highest BCUT2D eigenvalue weighted by Crippen LogP contribution is 2.05. The average Bonchev–Trinajstić information content (AvgIpc) is 2.15. The summed E-state index contributed by atoms with van der Waals surface area (Å²) in [5, 5.41) is 6.18. The number of ether oxygens (including phenoxy) is 1. The molecule has 1 rings (SSSR count). The summed E-state index contributed by atoms with van der Waals surface area (Å²) >= 11 is 0. The van der Waals surface area contributed by atoms with E-state index in [0.717, 1.165) is 26.1 Å². The van der Waals surface area contributed by atoms with E-state index in [-0.39, 0.29) is 11.4 Å². The zero-order chi connectivity index (χ0) is 11.3. The third kappa shape index (κ3) is 5.74. The molecule has 88 valence electrons. The maximum Gasteiger partial charge on any atom is 0.234 e. The fourth-order valence-electron chi connectivity index (χ4n) is 1.47. The van der Waals surface area contributed by atoms with E-state index >= 15 is 0 Å². The quantitative estimate of drug-likeness (QED) is 0.726. The average molecular weight is 214 g/mol. The first kappa shape index (κ1) is 12.5. The number of hydrogen-bond donors (Lipinski definition) is 2. The van der Waals surface area contributed by atoms with E-state index in [1.165, 1.54) is 0 Å². The highest BCUT2D eigenvalue weighted by molar-refractivity contribution is 5.78. The molecule has 2 N–H and O–H groups in total. The Bertz CT molecular complexity index is 205. The number of nitrogens with one attached hydrogen (secondary N) is 2. The molecule has 1 saturated heterocycles. The molecule has 4 nitrogen and oxygen atoms in total. The van der Waals surface area contributed by atoms with Crippen molar-refractivity contribution in [2.45, 2.75) is 45.2 Å². The minimum atomic E-state index is -0.00693. The van der Waals surface area contributed by atoms with Crippen LogP contribution >= 0.6 is 0 Å². The molecule has 0 atom stereocenters. The van der Waals surface area contributed by atoms with Crippen LogP contribution in [0.2, 0.25) is 0 Å². The highest BCUT2D eigenvalue weighted by Gasteiger charge is 2.17. The van der Waals surface area contributed by atoms with Gasteiger partial charge in [0, 0.05) is 24.8 Å². The van der Waals surface area contributed by atoms with Gasteiger partial charge in [-0.2, -0.15) is 0 Å². The van der Waals surface area contributed by atoms with Crippen LogP contribution in [-0.2, 0) is 9.53 Å². The molecule has 1 fully saturated rings. The Balaban J connectivity index is 2.17. The van der Waals surface area contributed by atoms with E-state index in [4.69, 9.17) is 4.74 Å². The zero-order valence-corrected chi connectivity index (χ0v) is 9.93. The minimum Gasteiger partial charge on any atom is -0.381 e. The van der Waals surface area contributed by atoms with Crippen LogP contribution < -0.4 is 10.6 Å². The lowest BCUT2D eigenvalue weighted by Gasteiger charge is -2.25. The third-order valence-corrected chi connectivity index (χ3v) is 2.37. The topological polar surface area (TPSA) is 50.4 Å². The highest BCUT2D eigenvalue weighted by atomic mass is 16.5. The van der Waals surface area contributed by atoms with Crippen molar-refractivity contribution in [2.24, 2.45) is 0 Å². The standard InChI is InChI=1S/C11H22N2O2/c1-11(2,3)12-8-10(14)13-9-4-6-15-7-5-9/h9,12H,4-8H2,1-3H3,(H,13,14). The smallest absolute Gasteiger partial charge is 0.234 e. The van der Waals surface area contributed by atoms with Gasteiger partial charge < -0.3 is 15.4 Å². The predicted molar refractivity (Wildman–Crippen MR) is 59.7 cm³/mol. The summed E-state index contributed by atoms with van der Waals surface area (Å²) in [6.45, 7) is 8.06. The fraction of sp³-hybridized carbons (Fsp3) is 0.909. The van der Waals surface area contributed by atoms with Crippen molar-refractivity contribution < 1.29 is 9.53 Å². The van der Waals surface area contributed by atoms with Gasteiger partial charge in [-0.3, -0.25) is 4.79 Å². The van der Waals surface area contributed by atoms with E-state index < -0.39 is 0 Å². The van der Waals surface area contributed by atoms with Crippen LogP contribution in [0.5, 0.6) is 0 Å². The molecule has 0 saturated carbocycles. The van der Waals surface area contributed by atoms with Crippen molar-refractivity contribution in [3.8, 4) is 0 Å². The van der Waals surface area contributed by atoms with Crippen LogP contribution in [0.3, 0.4) is 0 Å². The van der Waals surface area contributed by atoms with E-state index in [1.54, 1.807) is 0 Å². The Kier molecular flexibility index (Phi) is 4.54. The second-order valence-electron chi connectivity index (χ2n) is 5.06. The molecular weight excluding hydrogens is 192 g/mol. The van der Waals surface area contributed by atoms with E-state index in [2.05, 4.69) is 31.4 Å². The van der Waals surface area contributed by atoms with Gasteiger partial charge in [0.1, 0.15) is 0 Å². The molecule has 0 aromatic rings. The lowest BCUT2D eigenvalue weighted by molar-refractivity contribution is -0.121. The monoisotopic (exact) mass is 214 g/mol. The number of rotatable bonds is 3. The van der Waals surface area contributed by atoms with Crippen molar-refractivity contribution in [1.29, 1.82) is 0 Å². The first-order valence-electron chi connectivity index (χ1n) is 5.59. The van der Waals surface area contributed by atoms with Crippen LogP contribution in [0.15, 0.2) is 0 Å². The Morgan fingerprint density at radius 2 is 1.93 bits per heavy atom. The summed E-state index contributed by atoms with van der Waals surface area (Å²) in [7, 11) is 0. The maximum absolute atomic E-state index is 11.5. The zero-order valence-electron chi connectivity index (χ0n) is 9.93. The summed E-state index contributed by atoms with van der Waals surface area (Å²) in [5.74, 6) is 0.0804. The van der Waals surface area contributed by atoms with Crippen LogP contribution in [0.4, 0.5) is 0 Å². The van der Waals surface area contributed by atoms with Crippen molar-refractivity contribution in [1.82, 2.24) is 10.6 Å². The lowest BCUT2D eigenvalue weighted by atomic mass is 10.1. The molecule has 0 aromatic carbocycles. The fourth-order valence-corrected chi connectivity index (χ4v) is 1.47. The molecule has 0 spiro atoms. The van der Waals surface area contributed by atoms with E-state index in [0.29, 0.717) is 12.6 Å². The van der Waals surface area contributed by atoms with E-state index in [1.807, 2.05) is 0 Å². The van der Waals surface area contributed by atoms with Gasteiger partial charge in [0.25, 0.3) is 0 Å². The Morgan fingerprint density at radius 3 is 2.47 bits per heavy atom. The summed E-state index contributed by atoms with van der Waals surface area (Å²) in [6, 6.07) is 0.299. The van der Waals surface area contributed by atoms with Crippen molar-refractivity contribution in [3.05, 3.63) is 0 Å². The van der Waals surface area contributed by atoms with Gasteiger partial charge in [-0.1, -0.05) is 0 Å². The molecule has 0 aliphatic carbocycles. The summed E-state index contributed by atoms with van der Waals surface area (Å²) in [6.07, 6.45) is 1.86. The van der Waals surface area contributed by atoms with Gasteiger partial charge in [-0.15, -0.1) is 0 Å². The Hall–Kier alpha value is -0.610. The van der Waals surface area contributed by atoms with Gasteiger partial charge in [-0.25, -0.2) is 0 Å². The van der Waals surface area contributed by atoms with Crippen LogP contribution in [-0.4, -0.2) is 37.2 Å². The predicted octanol–water partition coefficient (Wildman–Crippen LogP) is 0.670. The maximum atomic E-state index is 11.5. The molecule has 1 aliphatic heterocycles. The van der Waals surface area contributed by atoms with Crippen molar-refractivity contribution in [2.75, 3.05) is 19.8 Å². The SMILES string of the molecule is CC(C)(C)NCC(=O)NC1CCOCC1. The third-order valence-electron chi connectivity index (χ3n) is 2.37. The lowest BCUT2D eigenvalue weighted by Crippen LogP contribution is -2.47. The second-order valence-corrected chi connectivity index (χ2v) is 5.06. The summed E-state index contributed by atoms with van der Waals surface area (Å²) in [5.41, 5.74) is -0.00693. The Labute approximate surface area is 91.8 Å². The number of carbonyl (C=O) groups is 1. The van der Waals surface area contributed by atoms with Gasteiger partial charge in [0.05, 0.1) is 6.54 Å². The van der Waals surface area contributed by atoms with Gasteiger partial charge >= 0.3 is 0 Å². The molecule has 0 radical (unpaired) electrons. The first-order valence-corrected chi connectivity index (χ1v) is 5.59. The van der Waals surface area contributed by atoms with Crippen molar-refractivity contribution >= 4 is 5.91 Å². The minimum absolute atomic E-state index is 0.00693. The van der Waals surface area contributed by atoms with E-state index in [9.17, 15) is 4.79 Å². The molecule has 1 heterocycles. The number of carbonyl (C=O) groups excluding carboxylic acids is 1. The van der Waals surface area contributed by atoms with Crippen LogP contribution in [0.25, 0.3) is 0 Å².